The molecule has 0 unspecified atom stereocenters. The molecule has 0 aliphatic heterocycles. The van der Waals surface area contributed by atoms with Gasteiger partial charge in [-0.3, -0.25) is 0 Å². The lowest BCUT2D eigenvalue weighted by Gasteiger charge is -1.72. The summed E-state index contributed by atoms with van der Waals surface area (Å²) in [5.41, 5.74) is 20.8. The van der Waals surface area contributed by atoms with Gasteiger partial charge in [0.05, 0.1) is 0 Å². The molecular formula is C2H10N5+. The molecule has 0 rings (SSSR count). The van der Waals surface area contributed by atoms with E-state index in [1.165, 1.54) is 0 Å². The topological polar surface area (TPSA) is 114 Å². The summed E-state index contributed by atoms with van der Waals surface area (Å²) in [6.07, 6.45) is 0. The number of nitrogens with two attached hydrogens (primary N) is 2. The molecule has 0 heterocycles. The Labute approximate surface area is 41.7 Å². The van der Waals surface area contributed by atoms with Gasteiger partial charge in [0.1, 0.15) is 11.1 Å². The third-order valence-corrected chi connectivity index (χ3v) is 0.167. The van der Waals surface area contributed by atoms with Crippen molar-refractivity contribution in [2.45, 2.75) is 0 Å². The fraction of sp³-hybridized carbons (Fsp3) is 1.00. The molecule has 0 saturated heterocycles. The van der Waals surface area contributed by atoms with Gasteiger partial charge in [0, 0.05) is 13.1 Å². The van der Waals surface area contributed by atoms with Crippen molar-refractivity contribution in [3.05, 3.63) is 0 Å². The highest BCUT2D eigenvalue weighted by atomic mass is 15.0. The molecule has 0 aliphatic carbocycles. The molecule has 5 nitrogen and oxygen atoms in total. The molecular weight excluding hydrogens is 94.1 g/mol. The van der Waals surface area contributed by atoms with E-state index in [4.69, 9.17) is 22.5 Å². The number of nitrogens with one attached hydrogen (secondary N) is 2. The Morgan fingerprint density at radius 2 is 1.29 bits per heavy atom. The predicted molar refractivity (Wildman–Crippen MR) is 25.7 cm³/mol. The van der Waals surface area contributed by atoms with Crippen LogP contribution in [-0.2, 0) is 0 Å². The van der Waals surface area contributed by atoms with Gasteiger partial charge in [0.15, 0.2) is 0 Å². The summed E-state index contributed by atoms with van der Waals surface area (Å²) in [5.74, 6) is 0. The molecule has 42 valence electrons. The minimum Gasteiger partial charge on any atom is -0.329 e. The molecule has 7 heavy (non-hydrogen) atoms. The smallest absolute Gasteiger partial charge is 0.211 e. The first-order valence-electron chi connectivity index (χ1n) is 1.76. The zero-order valence-corrected chi connectivity index (χ0v) is 4.02. The summed E-state index contributed by atoms with van der Waals surface area (Å²) in [6.45, 7) is 1.19. The van der Waals surface area contributed by atoms with Crippen molar-refractivity contribution in [3.8, 4) is 0 Å². The quantitative estimate of drug-likeness (QED) is 0.253. The second kappa shape index (κ2) is 18.8. The molecule has 0 spiro atoms. The van der Waals surface area contributed by atoms with Crippen LogP contribution in [-0.4, -0.2) is 13.1 Å². The summed E-state index contributed by atoms with van der Waals surface area (Å²) in [6, 6.07) is 0. The normalized spacial score (nSPS) is 5.43. The summed E-state index contributed by atoms with van der Waals surface area (Å²) >= 11 is 0. The van der Waals surface area contributed by atoms with Gasteiger partial charge in [-0.25, -0.2) is 0 Å². The van der Waals surface area contributed by atoms with E-state index in [1.54, 1.807) is 0 Å². The Morgan fingerprint density at radius 1 is 1.14 bits per heavy atom. The van der Waals surface area contributed by atoms with Crippen molar-refractivity contribution in [1.82, 2.24) is 4.91 Å². The van der Waals surface area contributed by atoms with E-state index in [1.807, 2.05) is 4.91 Å². The summed E-state index contributed by atoms with van der Waals surface area (Å²) in [5, 5.41) is 0. The first kappa shape index (κ1) is 9.52. The lowest BCUT2D eigenvalue weighted by Crippen LogP contribution is -2.11. The lowest BCUT2D eigenvalue weighted by molar-refractivity contribution is 0.928. The van der Waals surface area contributed by atoms with Gasteiger partial charge in [-0.15, -0.1) is 0 Å². The van der Waals surface area contributed by atoms with Crippen LogP contribution in [0, 0.1) is 11.1 Å². The van der Waals surface area contributed by atoms with Crippen LogP contribution in [0.2, 0.25) is 0 Å². The molecule has 0 fully saturated rings. The molecule has 0 bridgehead atoms. The fourth-order valence-corrected chi connectivity index (χ4v) is 0. The Bertz CT molecular complexity index is 42.0. The van der Waals surface area contributed by atoms with Crippen molar-refractivity contribution in [2.24, 2.45) is 11.5 Å². The van der Waals surface area contributed by atoms with E-state index in [0.717, 1.165) is 0 Å². The molecule has 0 amide bonds. The predicted octanol–water partition coefficient (Wildman–Crippen LogP) is -0.981. The number of hydrogen-bond acceptors (Lipinski definition) is 4. The average molecular weight is 104 g/mol. The van der Waals surface area contributed by atoms with Gasteiger partial charge < -0.3 is 11.5 Å². The Kier molecular flexibility index (Phi) is 25.6. The molecule has 0 aromatic carbocycles. The standard InChI is InChI=1S/C2H8N2.H2N3/c3-1-2-4;1-3-2/h1-4H2;1-2H/q;+1. The van der Waals surface area contributed by atoms with Crippen molar-refractivity contribution in [1.29, 1.82) is 11.1 Å². The zero-order chi connectivity index (χ0) is 6.12. The van der Waals surface area contributed by atoms with Crippen molar-refractivity contribution in [3.63, 3.8) is 0 Å². The van der Waals surface area contributed by atoms with Gasteiger partial charge in [-0.05, 0) is 0 Å². The zero-order valence-electron chi connectivity index (χ0n) is 4.02. The monoisotopic (exact) mass is 104 g/mol. The third kappa shape index (κ3) is 1030. The second-order valence-electron chi connectivity index (χ2n) is 0.689. The second-order valence-corrected chi connectivity index (χ2v) is 0.689. The van der Waals surface area contributed by atoms with Crippen LogP contribution in [0.5, 0.6) is 0 Å². The molecule has 5 heteroatoms. The van der Waals surface area contributed by atoms with E-state index in [2.05, 4.69) is 0 Å². The highest BCUT2D eigenvalue weighted by molar-refractivity contribution is 4.26. The van der Waals surface area contributed by atoms with Crippen LogP contribution in [0.15, 0.2) is 0 Å². The average Bonchev–Trinajstić information content (AvgIpc) is 1.69. The van der Waals surface area contributed by atoms with Gasteiger partial charge in [0.25, 0.3) is 0 Å². The Balaban J connectivity index is 0. The van der Waals surface area contributed by atoms with Crippen LogP contribution < -0.4 is 16.4 Å². The highest BCUT2D eigenvalue weighted by Gasteiger charge is 1.54. The highest BCUT2D eigenvalue weighted by Crippen LogP contribution is 1.24. The third-order valence-electron chi connectivity index (χ3n) is 0.167. The summed E-state index contributed by atoms with van der Waals surface area (Å²) < 4.78 is 0. The lowest BCUT2D eigenvalue weighted by atomic mass is 10.7. The van der Waals surface area contributed by atoms with Crippen LogP contribution in [0.4, 0.5) is 0 Å². The van der Waals surface area contributed by atoms with E-state index in [-0.39, 0.29) is 0 Å². The maximum atomic E-state index is 5.50. The van der Waals surface area contributed by atoms with E-state index < -0.39 is 0 Å². The van der Waals surface area contributed by atoms with Gasteiger partial charge >= 0.3 is 0 Å². The maximum Gasteiger partial charge on any atom is 0.211 e. The van der Waals surface area contributed by atoms with Crippen LogP contribution >= 0.6 is 0 Å². The van der Waals surface area contributed by atoms with E-state index in [9.17, 15) is 0 Å². The Morgan fingerprint density at radius 3 is 1.29 bits per heavy atom. The fourth-order valence-electron chi connectivity index (χ4n) is 0. The minimum atomic E-state index is 0.597. The number of nitrogens with zero attached hydrogens (tertiary/aromatic N) is 1. The van der Waals surface area contributed by atoms with Gasteiger partial charge in [-0.1, -0.05) is 0 Å². The summed E-state index contributed by atoms with van der Waals surface area (Å²) in [7, 11) is 0. The first-order valence-corrected chi connectivity index (χ1v) is 1.76. The SMILES string of the molecule is N=[N+]=N.NCCN. The van der Waals surface area contributed by atoms with Crippen molar-refractivity contribution >= 4 is 0 Å². The van der Waals surface area contributed by atoms with Gasteiger partial charge in [0.2, 0.25) is 4.91 Å². The van der Waals surface area contributed by atoms with Gasteiger partial charge in [-0.2, -0.15) is 0 Å². The van der Waals surface area contributed by atoms with E-state index >= 15 is 0 Å². The number of hydrogen-bond donors (Lipinski definition) is 4. The van der Waals surface area contributed by atoms with Crippen molar-refractivity contribution < 1.29 is 0 Å². The van der Waals surface area contributed by atoms with Crippen LogP contribution in [0.25, 0.3) is 0 Å². The molecule has 6 N–H and O–H groups in total. The van der Waals surface area contributed by atoms with E-state index in [0.29, 0.717) is 13.1 Å². The van der Waals surface area contributed by atoms with Crippen LogP contribution in [0.3, 0.4) is 0 Å². The molecule has 0 atom stereocenters. The molecule has 0 radical (unpaired) electrons. The van der Waals surface area contributed by atoms with Crippen molar-refractivity contribution in [2.75, 3.05) is 13.1 Å². The summed E-state index contributed by atoms with van der Waals surface area (Å²) in [4.78, 5) is 2.00. The molecule has 0 aromatic rings. The largest absolute Gasteiger partial charge is 0.329 e. The number of rotatable bonds is 1. The Hall–Kier alpha value is -0.770. The first-order chi connectivity index (χ1) is 3.33. The molecule has 0 aliphatic rings. The minimum absolute atomic E-state index is 0.597. The maximum absolute atomic E-state index is 5.50. The molecule has 0 aromatic heterocycles. The molecule has 0 saturated carbocycles. The van der Waals surface area contributed by atoms with Crippen LogP contribution in [0.1, 0.15) is 0 Å².